The van der Waals surface area contributed by atoms with Crippen LogP contribution in [0.5, 0.6) is 17.2 Å². The van der Waals surface area contributed by atoms with Crippen molar-refractivity contribution < 1.29 is 39.4 Å². The first-order valence-corrected chi connectivity index (χ1v) is 23.2. The van der Waals surface area contributed by atoms with Gasteiger partial charge in [-0.05, 0) is 98.7 Å². The zero-order valence-electron chi connectivity index (χ0n) is 35.3. The van der Waals surface area contributed by atoms with Crippen molar-refractivity contribution >= 4 is 40.2 Å². The second kappa shape index (κ2) is 19.3. The van der Waals surface area contributed by atoms with Gasteiger partial charge in [-0.2, -0.15) is 0 Å². The Bertz CT molecular complexity index is 2200. The standard InChI is InChI=1S/C27H36O2.C21H21OS.F6P/c1-6-9-17-28-25-21-13-11-12-14-22(21)26(29-18-10-7-2)24-19-20(15-16-23(24)25)27(4,5)8-3;1-16-4-10-19(11-5-16)23(20-12-6-17(2)7-13-20)21-14-8-18(22-3)9-15-21;1-7(2,3,4,5)6/h11-16,19H,6-10,17-18H2,1-5H3;4-15H,1-3H3;/q;+1;-1. The summed E-state index contributed by atoms with van der Waals surface area (Å²) >= 11 is 0. The summed E-state index contributed by atoms with van der Waals surface area (Å²) < 4.78 is 77.2. The summed E-state index contributed by atoms with van der Waals surface area (Å²) in [7, 11) is -9.05. The third-order valence-corrected chi connectivity index (χ3v) is 12.1. The van der Waals surface area contributed by atoms with E-state index >= 15 is 0 Å². The molecule has 59 heavy (non-hydrogen) atoms. The molecule has 0 bridgehead atoms. The fraction of sp³-hybridized carbons (Fsp3) is 0.333. The van der Waals surface area contributed by atoms with E-state index in [0.29, 0.717) is 0 Å². The molecule has 0 unspecified atom stereocenters. The van der Waals surface area contributed by atoms with Crippen molar-refractivity contribution in [3.8, 4) is 17.2 Å². The molecule has 6 aromatic carbocycles. The Morgan fingerprint density at radius 2 is 0.932 bits per heavy atom. The number of halogens is 6. The van der Waals surface area contributed by atoms with Crippen molar-refractivity contribution in [2.75, 3.05) is 20.3 Å². The van der Waals surface area contributed by atoms with Crippen molar-refractivity contribution in [3.63, 3.8) is 0 Å². The maximum atomic E-state index is 9.87. The molecule has 0 N–H and O–H groups in total. The average molecular weight is 859 g/mol. The Hall–Kier alpha value is -4.40. The summed E-state index contributed by atoms with van der Waals surface area (Å²) in [6.07, 6.45) is 5.47. The van der Waals surface area contributed by atoms with E-state index in [4.69, 9.17) is 14.2 Å². The van der Waals surface area contributed by atoms with Gasteiger partial charge < -0.3 is 14.2 Å². The van der Waals surface area contributed by atoms with Crippen LogP contribution in [-0.4, -0.2) is 20.3 Å². The molecule has 0 heterocycles. The molecule has 320 valence electrons. The van der Waals surface area contributed by atoms with Gasteiger partial charge in [0.15, 0.2) is 14.7 Å². The molecule has 0 aliphatic rings. The van der Waals surface area contributed by atoms with E-state index in [1.165, 1.54) is 36.8 Å². The minimum atomic E-state index is -10.7. The third kappa shape index (κ3) is 14.7. The number of methoxy groups -OCH3 is 1. The molecular formula is C48H57F6O3PS. The summed E-state index contributed by atoms with van der Waals surface area (Å²) in [5, 5.41) is 4.62. The molecule has 6 aromatic rings. The van der Waals surface area contributed by atoms with Gasteiger partial charge in [0.1, 0.15) is 17.2 Å². The third-order valence-electron chi connectivity index (χ3n) is 9.89. The molecular weight excluding hydrogens is 802 g/mol. The Morgan fingerprint density at radius 3 is 1.32 bits per heavy atom. The van der Waals surface area contributed by atoms with Gasteiger partial charge in [-0.3, -0.25) is 0 Å². The zero-order valence-corrected chi connectivity index (χ0v) is 37.0. The molecule has 0 atom stereocenters. The van der Waals surface area contributed by atoms with Gasteiger partial charge >= 0.3 is 33.0 Å². The van der Waals surface area contributed by atoms with E-state index in [9.17, 15) is 25.2 Å². The second-order valence-corrected chi connectivity index (χ2v) is 19.1. The first-order chi connectivity index (χ1) is 27.6. The van der Waals surface area contributed by atoms with Crippen LogP contribution >= 0.6 is 7.81 Å². The summed E-state index contributed by atoms with van der Waals surface area (Å²) in [4.78, 5) is 3.98. The Morgan fingerprint density at radius 1 is 0.542 bits per heavy atom. The van der Waals surface area contributed by atoms with Crippen molar-refractivity contribution in [3.05, 3.63) is 132 Å². The van der Waals surface area contributed by atoms with E-state index < -0.39 is 7.81 Å². The average Bonchev–Trinajstić information content (AvgIpc) is 3.19. The van der Waals surface area contributed by atoms with Crippen LogP contribution < -0.4 is 14.2 Å². The molecule has 0 amide bonds. The van der Waals surface area contributed by atoms with Crippen molar-refractivity contribution in [2.24, 2.45) is 0 Å². The van der Waals surface area contributed by atoms with Crippen molar-refractivity contribution in [1.29, 1.82) is 0 Å². The zero-order chi connectivity index (χ0) is 43.5. The first kappa shape index (κ1) is 47.3. The number of aryl methyl sites for hydroxylation is 2. The van der Waals surface area contributed by atoms with Crippen LogP contribution in [0, 0.1) is 13.8 Å². The van der Waals surface area contributed by atoms with Crippen LogP contribution in [0.4, 0.5) is 25.2 Å². The molecule has 0 aliphatic heterocycles. The number of benzene rings is 6. The molecule has 0 saturated heterocycles. The maximum absolute atomic E-state index is 10.7. The van der Waals surface area contributed by atoms with Crippen LogP contribution in [0.1, 0.15) is 83.4 Å². The van der Waals surface area contributed by atoms with Crippen LogP contribution in [0.25, 0.3) is 21.5 Å². The van der Waals surface area contributed by atoms with Crippen LogP contribution in [-0.2, 0) is 16.3 Å². The normalized spacial score (nSPS) is 12.8. The van der Waals surface area contributed by atoms with Crippen LogP contribution in [0.15, 0.2) is 130 Å². The van der Waals surface area contributed by atoms with Crippen molar-refractivity contribution in [2.45, 2.75) is 101 Å². The summed E-state index contributed by atoms with van der Waals surface area (Å²) in [6, 6.07) is 41.5. The van der Waals surface area contributed by atoms with Gasteiger partial charge in [-0.15, -0.1) is 0 Å². The quantitative estimate of drug-likeness (QED) is 0.0359. The van der Waals surface area contributed by atoms with Gasteiger partial charge in [0.2, 0.25) is 0 Å². The molecule has 0 spiro atoms. The number of rotatable bonds is 14. The Balaban J connectivity index is 0.000000229. The van der Waals surface area contributed by atoms with Crippen LogP contribution in [0.3, 0.4) is 0 Å². The molecule has 0 fully saturated rings. The predicted molar refractivity (Wildman–Crippen MR) is 237 cm³/mol. The monoisotopic (exact) mass is 858 g/mol. The van der Waals surface area contributed by atoms with Crippen LogP contribution in [0.2, 0.25) is 0 Å². The SMILES string of the molecule is CCCCOc1c2ccccc2c(OCCCC)c2cc(C(C)(C)CC)ccc12.COc1ccc([S+](c2ccc(C)cc2)c2ccc(C)cc2)cc1.F[P-](F)(F)(F)(F)F. The second-order valence-electron chi connectivity index (χ2n) is 15.2. The van der Waals surface area contributed by atoms with Gasteiger partial charge in [0.05, 0.1) is 31.2 Å². The number of hydrogen-bond acceptors (Lipinski definition) is 3. The molecule has 0 radical (unpaired) electrons. The van der Waals surface area contributed by atoms with Gasteiger partial charge in [-0.25, -0.2) is 0 Å². The van der Waals surface area contributed by atoms with Gasteiger partial charge in [0.25, 0.3) is 0 Å². The topological polar surface area (TPSA) is 27.7 Å². The summed E-state index contributed by atoms with van der Waals surface area (Å²) in [5.41, 5.74) is 4.05. The molecule has 0 aromatic heterocycles. The molecule has 3 nitrogen and oxygen atoms in total. The van der Waals surface area contributed by atoms with E-state index in [1.807, 2.05) is 12.1 Å². The van der Waals surface area contributed by atoms with E-state index in [-0.39, 0.29) is 16.3 Å². The predicted octanol–water partition coefficient (Wildman–Crippen LogP) is 16.8. The number of unbranched alkanes of at least 4 members (excludes halogenated alkanes) is 2. The van der Waals surface area contributed by atoms with E-state index in [0.717, 1.165) is 78.7 Å². The summed E-state index contributed by atoms with van der Waals surface area (Å²) in [6.45, 7) is 17.0. The molecule has 0 aliphatic carbocycles. The molecule has 11 heteroatoms. The minimum absolute atomic E-state index is 0.0970. The fourth-order valence-electron chi connectivity index (χ4n) is 6.14. The summed E-state index contributed by atoms with van der Waals surface area (Å²) in [5.74, 6) is 2.89. The van der Waals surface area contributed by atoms with Crippen molar-refractivity contribution in [1.82, 2.24) is 0 Å². The van der Waals surface area contributed by atoms with Gasteiger partial charge in [-0.1, -0.05) is 119 Å². The Kier molecular flexibility index (Phi) is 15.5. The van der Waals surface area contributed by atoms with Gasteiger partial charge in [0, 0.05) is 21.5 Å². The van der Waals surface area contributed by atoms with E-state index in [1.54, 1.807) is 7.11 Å². The number of ether oxygens (including phenoxy) is 3. The van der Waals surface area contributed by atoms with E-state index in [2.05, 4.69) is 152 Å². The number of hydrogen-bond donors (Lipinski definition) is 0. The molecule has 0 saturated carbocycles. The number of fused-ring (bicyclic) bond motifs is 2. The molecule has 6 rings (SSSR count). The fourth-order valence-corrected chi connectivity index (χ4v) is 8.18. The Labute approximate surface area is 348 Å². The first-order valence-electron chi connectivity index (χ1n) is 20.0.